The van der Waals surface area contributed by atoms with Gasteiger partial charge in [-0.25, -0.2) is 4.79 Å². The van der Waals surface area contributed by atoms with Gasteiger partial charge in [0.05, 0.1) is 12.6 Å². The molecule has 0 radical (unpaired) electrons. The molecule has 1 amide bonds. The average molecular weight is 327 g/mol. The van der Waals surface area contributed by atoms with Crippen LogP contribution in [0.1, 0.15) is 23.5 Å². The Hall–Kier alpha value is -2.53. The lowest BCUT2D eigenvalue weighted by Gasteiger charge is -2.35. The van der Waals surface area contributed by atoms with Gasteiger partial charge in [0.1, 0.15) is 12.4 Å². The number of hydrogen-bond donors (Lipinski definition) is 2. The molecule has 0 bridgehead atoms. The van der Waals surface area contributed by atoms with Gasteiger partial charge in [-0.15, -0.1) is 0 Å². The van der Waals surface area contributed by atoms with Gasteiger partial charge < -0.3 is 19.8 Å². The SMILES string of the molecule is O=C(OCc1ccccc1)N1CC[C@H](c2ccc(O)cc2)[C@H](O)C1. The molecule has 3 rings (SSSR count). The highest BCUT2D eigenvalue weighted by Crippen LogP contribution is 2.29. The van der Waals surface area contributed by atoms with Gasteiger partial charge in [-0.05, 0) is 29.7 Å². The Kier molecular flexibility index (Phi) is 5.01. The molecule has 5 heteroatoms. The number of rotatable bonds is 3. The van der Waals surface area contributed by atoms with Crippen molar-refractivity contribution < 1.29 is 19.7 Å². The number of phenolic OH excluding ortho intramolecular Hbond substituents is 1. The molecule has 1 heterocycles. The summed E-state index contributed by atoms with van der Waals surface area (Å²) in [6.07, 6.45) is -0.388. The van der Waals surface area contributed by atoms with Crippen LogP contribution >= 0.6 is 0 Å². The van der Waals surface area contributed by atoms with Crippen LogP contribution in [0.4, 0.5) is 4.79 Å². The number of likely N-dealkylation sites (tertiary alicyclic amines) is 1. The number of piperidine rings is 1. The summed E-state index contributed by atoms with van der Waals surface area (Å²) < 4.78 is 5.32. The van der Waals surface area contributed by atoms with Gasteiger partial charge in [-0.2, -0.15) is 0 Å². The molecule has 1 fully saturated rings. The second kappa shape index (κ2) is 7.36. The number of benzene rings is 2. The molecule has 2 aromatic rings. The Balaban J connectivity index is 1.54. The number of hydrogen-bond acceptors (Lipinski definition) is 4. The zero-order valence-corrected chi connectivity index (χ0v) is 13.3. The van der Waals surface area contributed by atoms with E-state index < -0.39 is 12.2 Å². The molecule has 2 atom stereocenters. The Labute approximate surface area is 141 Å². The summed E-state index contributed by atoms with van der Waals surface area (Å²) in [5, 5.41) is 19.7. The summed E-state index contributed by atoms with van der Waals surface area (Å²) in [7, 11) is 0. The Morgan fingerprint density at radius 3 is 2.50 bits per heavy atom. The lowest BCUT2D eigenvalue weighted by Crippen LogP contribution is -2.45. The molecular weight excluding hydrogens is 306 g/mol. The molecule has 1 aliphatic heterocycles. The average Bonchev–Trinajstić information content (AvgIpc) is 2.61. The predicted octanol–water partition coefficient (Wildman–Crippen LogP) is 2.88. The fraction of sp³-hybridized carbons (Fsp3) is 0.316. The third kappa shape index (κ3) is 3.86. The monoisotopic (exact) mass is 327 g/mol. The second-order valence-electron chi connectivity index (χ2n) is 6.04. The van der Waals surface area contributed by atoms with Crippen molar-refractivity contribution in [2.24, 2.45) is 0 Å². The van der Waals surface area contributed by atoms with E-state index >= 15 is 0 Å². The van der Waals surface area contributed by atoms with Crippen LogP contribution in [-0.2, 0) is 11.3 Å². The van der Waals surface area contributed by atoms with Crippen molar-refractivity contribution in [1.29, 1.82) is 0 Å². The first-order chi connectivity index (χ1) is 11.6. The van der Waals surface area contributed by atoms with Crippen LogP contribution in [0.3, 0.4) is 0 Å². The van der Waals surface area contributed by atoms with Crippen LogP contribution in [-0.4, -0.2) is 40.4 Å². The van der Waals surface area contributed by atoms with Gasteiger partial charge in [-0.3, -0.25) is 0 Å². The molecule has 0 unspecified atom stereocenters. The van der Waals surface area contributed by atoms with Crippen LogP contribution < -0.4 is 0 Å². The fourth-order valence-corrected chi connectivity index (χ4v) is 3.02. The topological polar surface area (TPSA) is 70.0 Å². The van der Waals surface area contributed by atoms with Crippen molar-refractivity contribution in [1.82, 2.24) is 4.90 Å². The van der Waals surface area contributed by atoms with Crippen molar-refractivity contribution in [2.45, 2.75) is 25.0 Å². The normalized spacial score (nSPS) is 20.6. The number of nitrogens with zero attached hydrogens (tertiary/aromatic N) is 1. The Morgan fingerprint density at radius 2 is 1.83 bits per heavy atom. The summed E-state index contributed by atoms with van der Waals surface area (Å²) in [4.78, 5) is 13.7. The molecule has 0 aromatic heterocycles. The van der Waals surface area contributed by atoms with E-state index in [1.165, 1.54) is 0 Å². The van der Waals surface area contributed by atoms with Crippen molar-refractivity contribution in [3.63, 3.8) is 0 Å². The maximum atomic E-state index is 12.2. The van der Waals surface area contributed by atoms with Crippen LogP contribution in [0.25, 0.3) is 0 Å². The van der Waals surface area contributed by atoms with E-state index in [4.69, 9.17) is 4.74 Å². The lowest BCUT2D eigenvalue weighted by atomic mass is 9.87. The minimum Gasteiger partial charge on any atom is -0.508 e. The maximum Gasteiger partial charge on any atom is 0.410 e. The number of aliphatic hydroxyl groups excluding tert-OH is 1. The predicted molar refractivity (Wildman–Crippen MR) is 89.7 cm³/mol. The van der Waals surface area contributed by atoms with E-state index in [9.17, 15) is 15.0 Å². The van der Waals surface area contributed by atoms with E-state index in [1.54, 1.807) is 17.0 Å². The highest BCUT2D eigenvalue weighted by atomic mass is 16.6. The quantitative estimate of drug-likeness (QED) is 0.909. The molecule has 2 N–H and O–H groups in total. The van der Waals surface area contributed by atoms with Crippen LogP contribution in [0.2, 0.25) is 0 Å². The molecule has 24 heavy (non-hydrogen) atoms. The van der Waals surface area contributed by atoms with E-state index in [0.717, 1.165) is 11.1 Å². The summed E-state index contributed by atoms with van der Waals surface area (Å²) in [6, 6.07) is 16.4. The third-order valence-electron chi connectivity index (χ3n) is 4.37. The molecule has 126 valence electrons. The largest absolute Gasteiger partial charge is 0.508 e. The summed E-state index contributed by atoms with van der Waals surface area (Å²) in [5.74, 6) is 0.166. The number of amides is 1. The summed E-state index contributed by atoms with van der Waals surface area (Å²) in [5.41, 5.74) is 1.91. The van der Waals surface area contributed by atoms with Crippen LogP contribution in [0.5, 0.6) is 5.75 Å². The fourth-order valence-electron chi connectivity index (χ4n) is 3.02. The number of carbonyl (C=O) groups excluding carboxylic acids is 1. The Bertz CT molecular complexity index is 672. The molecule has 0 spiro atoms. The zero-order valence-electron chi connectivity index (χ0n) is 13.3. The van der Waals surface area contributed by atoms with Crippen molar-refractivity contribution in [2.75, 3.05) is 13.1 Å². The first-order valence-corrected chi connectivity index (χ1v) is 8.06. The van der Waals surface area contributed by atoms with E-state index in [-0.39, 0.29) is 24.8 Å². The summed E-state index contributed by atoms with van der Waals surface area (Å²) >= 11 is 0. The number of aromatic hydroxyl groups is 1. The van der Waals surface area contributed by atoms with Gasteiger partial charge in [0, 0.05) is 12.5 Å². The molecular formula is C19H21NO4. The number of aliphatic hydroxyl groups is 1. The van der Waals surface area contributed by atoms with Gasteiger partial charge in [0.2, 0.25) is 0 Å². The van der Waals surface area contributed by atoms with Gasteiger partial charge in [-0.1, -0.05) is 42.5 Å². The zero-order chi connectivity index (χ0) is 16.9. The lowest BCUT2D eigenvalue weighted by molar-refractivity contribution is 0.0344. The molecule has 1 saturated heterocycles. The van der Waals surface area contributed by atoms with Crippen molar-refractivity contribution in [3.8, 4) is 5.75 Å². The first-order valence-electron chi connectivity index (χ1n) is 8.06. The van der Waals surface area contributed by atoms with Gasteiger partial charge in [0.25, 0.3) is 0 Å². The van der Waals surface area contributed by atoms with Gasteiger partial charge in [0.15, 0.2) is 0 Å². The minimum atomic E-state index is -0.646. The van der Waals surface area contributed by atoms with Gasteiger partial charge >= 0.3 is 6.09 Å². The highest BCUT2D eigenvalue weighted by molar-refractivity contribution is 5.68. The maximum absolute atomic E-state index is 12.2. The standard InChI is InChI=1S/C19H21NO4/c21-16-8-6-15(7-9-16)17-10-11-20(12-18(17)22)19(23)24-13-14-4-2-1-3-5-14/h1-9,17-18,21-22H,10-13H2/t17-,18-/m1/s1. The molecule has 1 aliphatic rings. The van der Waals surface area contributed by atoms with Crippen molar-refractivity contribution in [3.05, 3.63) is 65.7 Å². The first kappa shape index (κ1) is 16.3. The third-order valence-corrected chi connectivity index (χ3v) is 4.37. The molecule has 2 aromatic carbocycles. The van der Waals surface area contributed by atoms with E-state index in [2.05, 4.69) is 0 Å². The number of phenols is 1. The van der Waals surface area contributed by atoms with E-state index in [0.29, 0.717) is 13.0 Å². The number of carbonyl (C=O) groups is 1. The second-order valence-corrected chi connectivity index (χ2v) is 6.04. The Morgan fingerprint density at radius 1 is 1.12 bits per heavy atom. The minimum absolute atomic E-state index is 0.0382. The molecule has 0 saturated carbocycles. The van der Waals surface area contributed by atoms with Crippen molar-refractivity contribution >= 4 is 6.09 Å². The van der Waals surface area contributed by atoms with E-state index in [1.807, 2.05) is 42.5 Å². The smallest absolute Gasteiger partial charge is 0.410 e. The summed E-state index contributed by atoms with van der Waals surface area (Å²) in [6.45, 7) is 1.02. The van der Waals surface area contributed by atoms with Crippen LogP contribution in [0.15, 0.2) is 54.6 Å². The van der Waals surface area contributed by atoms with Crippen LogP contribution in [0, 0.1) is 0 Å². The number of β-amino-alcohol motifs (C(OH)–C–C–N with tert-alkyl or cyclic N) is 1. The molecule has 0 aliphatic carbocycles. The molecule has 5 nitrogen and oxygen atoms in total. The number of ether oxygens (including phenoxy) is 1. The highest BCUT2D eigenvalue weighted by Gasteiger charge is 2.31.